The molecule has 3 heterocycles. The molecule has 0 aromatic carbocycles. The molecule has 0 spiro atoms. The van der Waals surface area contributed by atoms with Crippen molar-refractivity contribution in [3.63, 3.8) is 0 Å². The average Bonchev–Trinajstić information content (AvgIpc) is 3.14. The van der Waals surface area contributed by atoms with Crippen LogP contribution in [-0.4, -0.2) is 62.5 Å². The van der Waals surface area contributed by atoms with Gasteiger partial charge >= 0.3 is 6.09 Å². The van der Waals surface area contributed by atoms with Crippen LogP contribution in [0.3, 0.4) is 0 Å². The summed E-state index contributed by atoms with van der Waals surface area (Å²) in [5.74, 6) is 0.0723. The lowest BCUT2D eigenvalue weighted by Crippen LogP contribution is -2.57. The van der Waals surface area contributed by atoms with Crippen LogP contribution in [0.2, 0.25) is 0 Å². The number of aromatic nitrogens is 2. The highest BCUT2D eigenvalue weighted by atomic mass is 32.1. The number of imidazole rings is 1. The van der Waals surface area contributed by atoms with Gasteiger partial charge in [-0.3, -0.25) is 9.20 Å². The molecular formula is C19H28N4O3S. The maximum atomic E-state index is 12.9. The number of fused-ring (bicyclic) bond motifs is 1. The zero-order valence-electron chi connectivity index (χ0n) is 16.5. The fourth-order valence-corrected chi connectivity index (χ4v) is 4.09. The Balaban J connectivity index is 1.65. The lowest BCUT2D eigenvalue weighted by atomic mass is 10.1. The summed E-state index contributed by atoms with van der Waals surface area (Å²) in [4.78, 5) is 34.3. The number of thiazole rings is 1. The Kier molecular flexibility index (Phi) is 5.74. The van der Waals surface area contributed by atoms with Crippen molar-refractivity contribution >= 4 is 28.3 Å². The van der Waals surface area contributed by atoms with Crippen molar-refractivity contribution in [2.45, 2.75) is 58.6 Å². The summed E-state index contributed by atoms with van der Waals surface area (Å²) in [6, 6.07) is 0.0208. The van der Waals surface area contributed by atoms with E-state index in [9.17, 15) is 9.59 Å². The molecule has 1 aliphatic heterocycles. The molecule has 7 nitrogen and oxygen atoms in total. The molecule has 0 saturated carbocycles. The molecule has 8 heteroatoms. The van der Waals surface area contributed by atoms with Crippen molar-refractivity contribution in [1.29, 1.82) is 0 Å². The predicted octanol–water partition coefficient (Wildman–Crippen LogP) is 3.19. The van der Waals surface area contributed by atoms with E-state index in [1.165, 1.54) is 0 Å². The SMILES string of the molecule is CCC[C@@H]1CN(C(=O)OC(C)(C)C)CCN1C(=O)Cc1cn2ccsc2n1. The lowest BCUT2D eigenvalue weighted by Gasteiger charge is -2.41. The quantitative estimate of drug-likeness (QED) is 0.801. The number of ether oxygens (including phenoxy) is 1. The number of nitrogens with zero attached hydrogens (tertiary/aromatic N) is 4. The van der Waals surface area contributed by atoms with Gasteiger partial charge in [-0.05, 0) is 27.2 Å². The first kappa shape index (κ1) is 19.7. The highest BCUT2D eigenvalue weighted by Gasteiger charge is 2.34. The fraction of sp³-hybridized carbons (Fsp3) is 0.632. The second-order valence-electron chi connectivity index (χ2n) is 7.96. The zero-order valence-corrected chi connectivity index (χ0v) is 17.3. The van der Waals surface area contributed by atoms with Crippen LogP contribution in [0.25, 0.3) is 4.96 Å². The van der Waals surface area contributed by atoms with Gasteiger partial charge in [0.05, 0.1) is 12.1 Å². The summed E-state index contributed by atoms with van der Waals surface area (Å²) >= 11 is 1.56. The molecule has 0 radical (unpaired) electrons. The van der Waals surface area contributed by atoms with Crippen LogP contribution < -0.4 is 0 Å². The first-order valence-electron chi connectivity index (χ1n) is 9.45. The maximum Gasteiger partial charge on any atom is 0.410 e. The summed E-state index contributed by atoms with van der Waals surface area (Å²) in [5.41, 5.74) is 0.273. The number of carbonyl (C=O) groups excluding carboxylic acids is 2. The van der Waals surface area contributed by atoms with Gasteiger partial charge in [0, 0.05) is 43.4 Å². The van der Waals surface area contributed by atoms with E-state index < -0.39 is 5.60 Å². The zero-order chi connectivity index (χ0) is 19.6. The number of hydrogen-bond acceptors (Lipinski definition) is 5. The first-order valence-corrected chi connectivity index (χ1v) is 10.3. The molecule has 2 amide bonds. The standard InChI is InChI=1S/C19H28N4O3S/c1-5-6-15-13-22(18(25)26-19(2,3)4)7-8-23(15)16(24)11-14-12-21-9-10-27-17(21)20-14/h9-10,12,15H,5-8,11,13H2,1-4H3/t15-/m1/s1. The minimum Gasteiger partial charge on any atom is -0.444 e. The van der Waals surface area contributed by atoms with Crippen LogP contribution in [0.1, 0.15) is 46.2 Å². The second kappa shape index (κ2) is 7.88. The molecule has 1 atom stereocenters. The van der Waals surface area contributed by atoms with Gasteiger partial charge in [-0.2, -0.15) is 0 Å². The van der Waals surface area contributed by atoms with Gasteiger partial charge in [0.25, 0.3) is 0 Å². The average molecular weight is 393 g/mol. The van der Waals surface area contributed by atoms with Crippen LogP contribution in [0.15, 0.2) is 17.8 Å². The normalized spacial score (nSPS) is 18.1. The Labute approximate surface area is 163 Å². The molecular weight excluding hydrogens is 364 g/mol. The van der Waals surface area contributed by atoms with Crippen LogP contribution in [0, 0.1) is 0 Å². The van der Waals surface area contributed by atoms with Crippen molar-refractivity contribution in [3.8, 4) is 0 Å². The van der Waals surface area contributed by atoms with E-state index in [1.54, 1.807) is 16.2 Å². The van der Waals surface area contributed by atoms with E-state index >= 15 is 0 Å². The summed E-state index contributed by atoms with van der Waals surface area (Å²) in [6.07, 6.45) is 5.67. The van der Waals surface area contributed by atoms with Crippen LogP contribution >= 0.6 is 11.3 Å². The Hall–Kier alpha value is -2.09. The van der Waals surface area contributed by atoms with E-state index in [4.69, 9.17) is 4.74 Å². The third-order valence-electron chi connectivity index (χ3n) is 4.55. The number of carbonyl (C=O) groups is 2. The summed E-state index contributed by atoms with van der Waals surface area (Å²) < 4.78 is 7.43. The molecule has 2 aromatic rings. The third-order valence-corrected chi connectivity index (χ3v) is 5.32. The molecule has 0 aliphatic carbocycles. The van der Waals surface area contributed by atoms with Crippen molar-refractivity contribution in [1.82, 2.24) is 19.2 Å². The number of rotatable bonds is 4. The van der Waals surface area contributed by atoms with E-state index in [1.807, 2.05) is 47.8 Å². The van der Waals surface area contributed by atoms with E-state index in [-0.39, 0.29) is 18.0 Å². The Morgan fingerprint density at radius 3 is 2.78 bits per heavy atom. The van der Waals surface area contributed by atoms with Crippen molar-refractivity contribution < 1.29 is 14.3 Å². The van der Waals surface area contributed by atoms with Crippen molar-refractivity contribution in [2.24, 2.45) is 0 Å². The third kappa shape index (κ3) is 4.80. The molecule has 3 rings (SSSR count). The van der Waals surface area contributed by atoms with Gasteiger partial charge in [-0.25, -0.2) is 9.78 Å². The topological polar surface area (TPSA) is 67.2 Å². The van der Waals surface area contributed by atoms with Gasteiger partial charge in [0.1, 0.15) is 5.60 Å². The highest BCUT2D eigenvalue weighted by Crippen LogP contribution is 2.19. The van der Waals surface area contributed by atoms with Gasteiger partial charge in [0.2, 0.25) is 5.91 Å². The van der Waals surface area contributed by atoms with E-state index in [0.29, 0.717) is 26.1 Å². The van der Waals surface area contributed by atoms with Crippen molar-refractivity contribution in [3.05, 3.63) is 23.5 Å². The molecule has 27 heavy (non-hydrogen) atoms. The van der Waals surface area contributed by atoms with Gasteiger partial charge in [-0.15, -0.1) is 11.3 Å². The minimum atomic E-state index is -0.516. The number of hydrogen-bond donors (Lipinski definition) is 0. The lowest BCUT2D eigenvalue weighted by molar-refractivity contribution is -0.135. The van der Waals surface area contributed by atoms with E-state index in [2.05, 4.69) is 11.9 Å². The van der Waals surface area contributed by atoms with Gasteiger partial charge in [0.15, 0.2) is 4.96 Å². The second-order valence-corrected chi connectivity index (χ2v) is 8.83. The molecule has 1 aliphatic rings. The monoisotopic (exact) mass is 392 g/mol. The van der Waals surface area contributed by atoms with E-state index in [0.717, 1.165) is 23.5 Å². The molecule has 0 unspecified atom stereocenters. The Morgan fingerprint density at radius 1 is 1.33 bits per heavy atom. The Morgan fingerprint density at radius 2 is 2.11 bits per heavy atom. The molecule has 1 saturated heterocycles. The Bertz CT molecular complexity index is 779. The molecule has 0 bridgehead atoms. The predicted molar refractivity (Wildman–Crippen MR) is 105 cm³/mol. The maximum absolute atomic E-state index is 12.9. The van der Waals surface area contributed by atoms with Crippen LogP contribution in [0.5, 0.6) is 0 Å². The molecule has 1 fully saturated rings. The van der Waals surface area contributed by atoms with Crippen molar-refractivity contribution in [2.75, 3.05) is 19.6 Å². The van der Waals surface area contributed by atoms with Crippen LogP contribution in [0.4, 0.5) is 4.79 Å². The summed E-state index contributed by atoms with van der Waals surface area (Å²) in [6.45, 7) is 9.24. The first-order chi connectivity index (χ1) is 12.8. The summed E-state index contributed by atoms with van der Waals surface area (Å²) in [5, 5.41) is 1.97. The van der Waals surface area contributed by atoms with Crippen LogP contribution in [-0.2, 0) is 16.0 Å². The van der Waals surface area contributed by atoms with Gasteiger partial charge in [-0.1, -0.05) is 13.3 Å². The minimum absolute atomic E-state index is 0.0208. The molecule has 148 valence electrons. The number of piperazine rings is 1. The summed E-state index contributed by atoms with van der Waals surface area (Å²) in [7, 11) is 0. The fourth-order valence-electron chi connectivity index (χ4n) is 3.37. The molecule has 0 N–H and O–H groups in total. The number of amides is 2. The highest BCUT2D eigenvalue weighted by molar-refractivity contribution is 7.15. The largest absolute Gasteiger partial charge is 0.444 e. The smallest absolute Gasteiger partial charge is 0.410 e. The van der Waals surface area contributed by atoms with Gasteiger partial charge < -0.3 is 14.5 Å². The molecule has 2 aromatic heterocycles.